The summed E-state index contributed by atoms with van der Waals surface area (Å²) in [5.74, 6) is -1.98. The second-order valence-corrected chi connectivity index (χ2v) is 10.6. The summed E-state index contributed by atoms with van der Waals surface area (Å²) in [5.41, 5.74) is 0.638. The quantitative estimate of drug-likeness (QED) is 0.459. The smallest absolute Gasteiger partial charge is 0.414 e. The molecule has 0 bridgehead atoms. The lowest BCUT2D eigenvalue weighted by Gasteiger charge is -2.26. The number of ether oxygens (including phenoxy) is 2. The van der Waals surface area contributed by atoms with Gasteiger partial charge in [-0.1, -0.05) is 0 Å². The van der Waals surface area contributed by atoms with Crippen LogP contribution in [-0.2, 0) is 27.4 Å². The molecule has 4 heterocycles. The Labute approximate surface area is 244 Å². The summed E-state index contributed by atoms with van der Waals surface area (Å²) in [5, 5.41) is 5.83. The van der Waals surface area contributed by atoms with Crippen LogP contribution in [0.4, 0.5) is 35.4 Å². The van der Waals surface area contributed by atoms with E-state index in [9.17, 15) is 19.2 Å². The van der Waals surface area contributed by atoms with Crippen molar-refractivity contribution in [1.82, 2.24) is 19.6 Å². The van der Waals surface area contributed by atoms with Crippen LogP contribution in [0.15, 0.2) is 35.1 Å². The van der Waals surface area contributed by atoms with Gasteiger partial charge < -0.3 is 29.9 Å². The van der Waals surface area contributed by atoms with E-state index in [1.807, 2.05) is 0 Å². The number of morpholine rings is 1. The van der Waals surface area contributed by atoms with Gasteiger partial charge in [0.05, 0.1) is 56.0 Å². The standard InChI is InChI=1S/C28H31F2N7O6/c1-17(38)31-15-20-16-35(28(41)43-20)19-13-22(29)25(23(30)14-19)33-4-6-36-24-3-2-18(12-21(24)26(39)37(36)7-5-33)32-27(40)34-8-10-42-11-9-34/h2-3,12-14,20H,4-11,15-16H2,1H3,(H,31,38)(H,32,40)/t20-/m0/s1. The number of halogens is 2. The lowest BCUT2D eigenvalue weighted by Crippen LogP contribution is -2.43. The number of rotatable bonds is 5. The van der Waals surface area contributed by atoms with Gasteiger partial charge in [0.15, 0.2) is 11.6 Å². The third-order valence-corrected chi connectivity index (χ3v) is 7.83. The number of aromatic nitrogens is 2. The summed E-state index contributed by atoms with van der Waals surface area (Å²) in [6.07, 6.45) is -1.40. The summed E-state index contributed by atoms with van der Waals surface area (Å²) in [6, 6.07) is 7.02. The van der Waals surface area contributed by atoms with E-state index in [2.05, 4.69) is 10.6 Å². The highest BCUT2D eigenvalue weighted by molar-refractivity contribution is 5.93. The van der Waals surface area contributed by atoms with Gasteiger partial charge in [0.25, 0.3) is 5.56 Å². The SMILES string of the molecule is CC(=O)NC[C@H]1CN(c2cc(F)c(N3CCn4c(=O)c5cc(NC(=O)N6CCOCC6)ccc5n4CC3)c(F)c2)C(=O)O1. The van der Waals surface area contributed by atoms with Crippen molar-refractivity contribution >= 4 is 46.0 Å². The molecule has 3 aliphatic rings. The van der Waals surface area contributed by atoms with Crippen LogP contribution in [0.5, 0.6) is 0 Å². The molecule has 15 heteroatoms. The molecule has 1 atom stereocenters. The molecule has 2 aromatic carbocycles. The van der Waals surface area contributed by atoms with Gasteiger partial charge in [-0.3, -0.25) is 19.2 Å². The lowest BCUT2D eigenvalue weighted by molar-refractivity contribution is -0.119. The van der Waals surface area contributed by atoms with Crippen molar-refractivity contribution < 1.29 is 32.6 Å². The fraction of sp³-hybridized carbons (Fsp3) is 0.429. The molecular weight excluding hydrogens is 568 g/mol. The van der Waals surface area contributed by atoms with E-state index < -0.39 is 23.8 Å². The number of anilines is 3. The first-order valence-corrected chi connectivity index (χ1v) is 14.0. The topological polar surface area (TPSA) is 130 Å². The fourth-order valence-electron chi connectivity index (χ4n) is 5.69. The van der Waals surface area contributed by atoms with Crippen molar-refractivity contribution in [2.24, 2.45) is 0 Å². The molecule has 0 saturated carbocycles. The highest BCUT2D eigenvalue weighted by Crippen LogP contribution is 2.32. The number of nitrogens with zero attached hydrogens (tertiary/aromatic N) is 5. The number of nitrogens with one attached hydrogen (secondary N) is 2. The van der Waals surface area contributed by atoms with Crippen LogP contribution in [0.2, 0.25) is 0 Å². The van der Waals surface area contributed by atoms with Crippen molar-refractivity contribution in [3.63, 3.8) is 0 Å². The zero-order valence-electron chi connectivity index (χ0n) is 23.5. The van der Waals surface area contributed by atoms with Gasteiger partial charge in [-0.2, -0.15) is 0 Å². The number of benzene rings is 2. The van der Waals surface area contributed by atoms with Crippen LogP contribution in [0.25, 0.3) is 10.9 Å². The third-order valence-electron chi connectivity index (χ3n) is 7.83. The predicted molar refractivity (Wildman–Crippen MR) is 152 cm³/mol. The molecule has 2 fully saturated rings. The minimum Gasteiger partial charge on any atom is -0.442 e. The Bertz CT molecular complexity index is 1630. The van der Waals surface area contributed by atoms with Crippen LogP contribution < -0.4 is 26.0 Å². The Balaban J connectivity index is 1.17. The number of amides is 4. The number of carbonyl (C=O) groups excluding carboxylic acids is 3. The van der Waals surface area contributed by atoms with E-state index >= 15 is 8.78 Å². The molecule has 3 aliphatic heterocycles. The molecule has 1 aromatic heterocycles. The Morgan fingerprint density at radius 2 is 1.65 bits per heavy atom. The Kier molecular flexibility index (Phi) is 7.64. The number of fused-ring (bicyclic) bond motifs is 3. The minimum atomic E-state index is -0.849. The van der Waals surface area contributed by atoms with Crippen LogP contribution in [0.3, 0.4) is 0 Å². The number of hydrogen-bond acceptors (Lipinski definition) is 7. The highest BCUT2D eigenvalue weighted by Gasteiger charge is 2.34. The second-order valence-electron chi connectivity index (χ2n) is 10.6. The molecule has 228 valence electrons. The van der Waals surface area contributed by atoms with Crippen LogP contribution in [0, 0.1) is 11.6 Å². The molecule has 0 spiro atoms. The summed E-state index contributed by atoms with van der Waals surface area (Å²) < 4.78 is 44.6. The normalized spacial score (nSPS) is 18.8. The maximum absolute atomic E-state index is 15.4. The molecule has 43 heavy (non-hydrogen) atoms. The average Bonchev–Trinajstić information content (AvgIpc) is 3.39. The zero-order chi connectivity index (χ0) is 30.2. The van der Waals surface area contributed by atoms with Gasteiger partial charge in [-0.15, -0.1) is 0 Å². The molecule has 0 radical (unpaired) electrons. The second kappa shape index (κ2) is 11.6. The Hall–Kier alpha value is -4.66. The summed E-state index contributed by atoms with van der Waals surface area (Å²) in [6.45, 7) is 4.22. The maximum atomic E-state index is 15.4. The zero-order valence-corrected chi connectivity index (χ0v) is 23.5. The largest absolute Gasteiger partial charge is 0.442 e. The van der Waals surface area contributed by atoms with Gasteiger partial charge in [0.2, 0.25) is 5.91 Å². The molecule has 2 saturated heterocycles. The van der Waals surface area contributed by atoms with Crippen molar-refractivity contribution in [2.75, 3.05) is 67.6 Å². The Morgan fingerprint density at radius 3 is 2.35 bits per heavy atom. The van der Waals surface area contributed by atoms with Crippen molar-refractivity contribution in [3.05, 3.63) is 52.3 Å². The predicted octanol–water partition coefficient (Wildman–Crippen LogP) is 1.93. The van der Waals surface area contributed by atoms with Crippen LogP contribution >= 0.6 is 0 Å². The minimum absolute atomic E-state index is 0.00823. The number of cyclic esters (lactones) is 1. The van der Waals surface area contributed by atoms with E-state index in [-0.39, 0.29) is 68.1 Å². The third kappa shape index (κ3) is 5.59. The number of hydrogen-bond donors (Lipinski definition) is 2. The summed E-state index contributed by atoms with van der Waals surface area (Å²) in [4.78, 5) is 53.8. The Morgan fingerprint density at radius 1 is 0.953 bits per heavy atom. The summed E-state index contributed by atoms with van der Waals surface area (Å²) in [7, 11) is 0. The molecule has 2 N–H and O–H groups in total. The van der Waals surface area contributed by atoms with E-state index in [0.717, 1.165) is 17.0 Å². The van der Waals surface area contributed by atoms with E-state index in [1.165, 1.54) is 11.6 Å². The number of urea groups is 1. The van der Waals surface area contributed by atoms with Crippen molar-refractivity contribution in [2.45, 2.75) is 26.1 Å². The maximum Gasteiger partial charge on any atom is 0.414 e. The first kappa shape index (κ1) is 28.5. The van der Waals surface area contributed by atoms with Gasteiger partial charge in [0, 0.05) is 50.9 Å². The van der Waals surface area contributed by atoms with Gasteiger partial charge in [-0.25, -0.2) is 23.1 Å². The summed E-state index contributed by atoms with van der Waals surface area (Å²) >= 11 is 0. The monoisotopic (exact) mass is 599 g/mol. The lowest BCUT2D eigenvalue weighted by atomic mass is 10.2. The highest BCUT2D eigenvalue weighted by atomic mass is 19.1. The fourth-order valence-corrected chi connectivity index (χ4v) is 5.69. The van der Waals surface area contributed by atoms with Crippen LogP contribution in [-0.4, -0.2) is 90.9 Å². The molecule has 0 aliphatic carbocycles. The number of carbonyl (C=O) groups is 3. The molecule has 13 nitrogen and oxygen atoms in total. The van der Waals surface area contributed by atoms with Gasteiger partial charge in [-0.05, 0) is 18.2 Å². The first-order valence-electron chi connectivity index (χ1n) is 14.0. The van der Waals surface area contributed by atoms with Gasteiger partial charge >= 0.3 is 12.1 Å². The van der Waals surface area contributed by atoms with Crippen LogP contribution in [0.1, 0.15) is 6.92 Å². The van der Waals surface area contributed by atoms with Crippen molar-refractivity contribution in [3.8, 4) is 0 Å². The van der Waals surface area contributed by atoms with Gasteiger partial charge in [0.1, 0.15) is 11.8 Å². The molecular formula is C28H31F2N7O6. The van der Waals surface area contributed by atoms with E-state index in [1.54, 1.807) is 32.7 Å². The molecule has 6 rings (SSSR count). The van der Waals surface area contributed by atoms with Crippen molar-refractivity contribution in [1.29, 1.82) is 0 Å². The van der Waals surface area contributed by atoms with E-state index in [0.29, 0.717) is 42.9 Å². The molecule has 0 unspecified atom stereocenters. The average molecular weight is 600 g/mol. The molecule has 4 amide bonds. The molecule has 3 aromatic rings. The van der Waals surface area contributed by atoms with E-state index in [4.69, 9.17) is 9.47 Å². The first-order chi connectivity index (χ1) is 20.7.